The maximum Gasteiger partial charge on any atom is 0.302 e. The van der Waals surface area contributed by atoms with Gasteiger partial charge in [-0.2, -0.15) is 26.4 Å². The summed E-state index contributed by atoms with van der Waals surface area (Å²) in [6.45, 7) is 4.56. The van der Waals surface area contributed by atoms with Gasteiger partial charge in [0, 0.05) is 45.0 Å². The summed E-state index contributed by atoms with van der Waals surface area (Å²) in [6.07, 6.45) is 4.10. The number of nitrogens with one attached hydrogen (secondary N) is 1. The number of hydrogen-bond donors (Lipinski definition) is 1. The van der Waals surface area contributed by atoms with E-state index in [1.165, 1.54) is 35.2 Å². The number of carbonyl (C=O) groups excluding carboxylic acids is 1. The highest BCUT2D eigenvalue weighted by atomic mass is 32.2. The second-order valence-corrected chi connectivity index (χ2v) is 10.3. The number of ether oxygens (including phenoxy) is 1. The van der Waals surface area contributed by atoms with E-state index in [1.54, 1.807) is 6.92 Å². The molecule has 1 aliphatic heterocycles. The van der Waals surface area contributed by atoms with Gasteiger partial charge in [0.1, 0.15) is 0 Å². The molecule has 0 unspecified atom stereocenters. The van der Waals surface area contributed by atoms with Crippen LogP contribution in [0.2, 0.25) is 0 Å². The lowest BCUT2D eigenvalue weighted by atomic mass is 10.00. The predicted octanol–water partition coefficient (Wildman–Crippen LogP) is 2.69. The second kappa shape index (κ2) is 9.41. The van der Waals surface area contributed by atoms with E-state index in [-0.39, 0.29) is 28.7 Å². The molecule has 0 aliphatic carbocycles. The van der Waals surface area contributed by atoms with Crippen molar-refractivity contribution in [2.45, 2.75) is 50.5 Å². The van der Waals surface area contributed by atoms with Crippen LogP contribution in [0.5, 0.6) is 0 Å². The lowest BCUT2D eigenvalue weighted by Crippen LogP contribution is -2.24. The summed E-state index contributed by atoms with van der Waals surface area (Å²) in [6, 6.07) is 4.15. The van der Waals surface area contributed by atoms with E-state index in [9.17, 15) is 22.0 Å². The number of hydrogen-bond acceptors (Lipinski definition) is 6. The Bertz CT molecular complexity index is 1290. The van der Waals surface area contributed by atoms with E-state index in [1.807, 2.05) is 0 Å². The lowest BCUT2D eigenvalue weighted by Gasteiger charge is -2.24. The van der Waals surface area contributed by atoms with Crippen molar-refractivity contribution >= 4 is 27.0 Å². The molecule has 184 valence electrons. The summed E-state index contributed by atoms with van der Waals surface area (Å²) in [5.74, 6) is -3.67. The van der Waals surface area contributed by atoms with Crippen LogP contribution >= 0.6 is 0 Å². The first-order valence-corrected chi connectivity index (χ1v) is 12.6. The van der Waals surface area contributed by atoms with Gasteiger partial charge in [-0.3, -0.25) is 4.79 Å². The molecule has 1 fully saturated rings. The van der Waals surface area contributed by atoms with Crippen LogP contribution in [0.4, 0.5) is 8.78 Å². The minimum atomic E-state index is -4.10. The summed E-state index contributed by atoms with van der Waals surface area (Å²) in [7, 11) is -4.10. The van der Waals surface area contributed by atoms with Crippen molar-refractivity contribution in [3.63, 3.8) is 0 Å². The number of amides is 1. The van der Waals surface area contributed by atoms with Gasteiger partial charge in [0.05, 0.1) is 28.5 Å². The lowest BCUT2D eigenvalue weighted by molar-refractivity contribution is -0.120. The van der Waals surface area contributed by atoms with Crippen LogP contribution in [0, 0.1) is 5.92 Å². The maximum atomic E-state index is 14.4. The van der Waals surface area contributed by atoms with Crippen molar-refractivity contribution in [2.75, 3.05) is 19.8 Å². The molecule has 1 N–H and O–H groups in total. The molecular formula is C22H27F2N5O4S. The number of rotatable bonds is 8. The van der Waals surface area contributed by atoms with Gasteiger partial charge >= 0.3 is 5.92 Å². The molecule has 9 nitrogen and oxygen atoms in total. The Morgan fingerprint density at radius 1 is 1.29 bits per heavy atom. The molecule has 1 aromatic carbocycles. The minimum Gasteiger partial charge on any atom is -0.381 e. The van der Waals surface area contributed by atoms with Crippen LogP contribution < -0.4 is 5.32 Å². The fraction of sp³-hybridized carbons (Fsp3) is 0.500. The minimum absolute atomic E-state index is 0.00600. The van der Waals surface area contributed by atoms with Crippen molar-refractivity contribution in [1.29, 1.82) is 0 Å². The van der Waals surface area contributed by atoms with Gasteiger partial charge in [0.2, 0.25) is 5.91 Å². The molecule has 3 aromatic rings. The van der Waals surface area contributed by atoms with Gasteiger partial charge in [-0.05, 0) is 43.9 Å². The van der Waals surface area contributed by atoms with Crippen LogP contribution in [-0.2, 0) is 38.4 Å². The number of nitrogens with zero attached hydrogens (tertiary/aromatic N) is 4. The molecule has 0 spiro atoms. The summed E-state index contributed by atoms with van der Waals surface area (Å²) in [5.41, 5.74) is 1.04. The Morgan fingerprint density at radius 3 is 2.71 bits per heavy atom. The van der Waals surface area contributed by atoms with E-state index >= 15 is 0 Å². The molecular weight excluding hydrogens is 468 g/mol. The number of carbonyl (C=O) groups is 1. The zero-order valence-electron chi connectivity index (χ0n) is 19.0. The highest BCUT2D eigenvalue weighted by Gasteiger charge is 2.33. The van der Waals surface area contributed by atoms with Crippen LogP contribution in [0.1, 0.15) is 38.1 Å². The number of alkyl halides is 2. The van der Waals surface area contributed by atoms with Crippen LogP contribution in [-0.4, -0.2) is 52.8 Å². The fourth-order valence-corrected chi connectivity index (χ4v) is 5.25. The van der Waals surface area contributed by atoms with E-state index in [4.69, 9.17) is 4.74 Å². The molecule has 1 aliphatic rings. The standard InChI is InChI=1S/C22H27F2N5O4S/c1-3-25-20(30)10-16-12-26-29(14-16)34(31,32)17-4-5-19-18(11-17)27-21(22(2,23)24)28(19)13-15-6-8-33-9-7-15/h4-5,11-12,14-15H,3,6-10,13H2,1-2H3,(H,25,30). The molecule has 3 heterocycles. The number of halogens is 2. The van der Waals surface area contributed by atoms with Crippen molar-refractivity contribution in [3.8, 4) is 0 Å². The Hall–Kier alpha value is -2.86. The number of fused-ring (bicyclic) bond motifs is 1. The summed E-state index contributed by atoms with van der Waals surface area (Å²) >= 11 is 0. The Morgan fingerprint density at radius 2 is 2.03 bits per heavy atom. The average Bonchev–Trinajstić information content (AvgIpc) is 3.39. The smallest absolute Gasteiger partial charge is 0.302 e. The Labute approximate surface area is 196 Å². The molecule has 1 amide bonds. The van der Waals surface area contributed by atoms with Crippen molar-refractivity contribution in [2.24, 2.45) is 5.92 Å². The second-order valence-electron chi connectivity index (χ2n) is 8.50. The van der Waals surface area contributed by atoms with Gasteiger partial charge in [-0.15, -0.1) is 0 Å². The first-order chi connectivity index (χ1) is 16.1. The van der Waals surface area contributed by atoms with Crippen molar-refractivity contribution in [1.82, 2.24) is 24.1 Å². The van der Waals surface area contributed by atoms with Crippen molar-refractivity contribution in [3.05, 3.63) is 42.0 Å². The third-order valence-corrected chi connectivity index (χ3v) is 7.33. The molecule has 1 saturated heterocycles. The molecule has 0 bridgehead atoms. The predicted molar refractivity (Wildman–Crippen MR) is 120 cm³/mol. The summed E-state index contributed by atoms with van der Waals surface area (Å²) < 4.78 is 62.6. The topological polar surface area (TPSA) is 108 Å². The molecule has 4 rings (SSSR count). The number of aromatic nitrogens is 4. The zero-order valence-corrected chi connectivity index (χ0v) is 19.8. The van der Waals surface area contributed by atoms with Gasteiger partial charge in [0.25, 0.3) is 10.0 Å². The molecule has 2 aromatic heterocycles. The van der Waals surface area contributed by atoms with E-state index in [2.05, 4.69) is 15.4 Å². The van der Waals surface area contributed by atoms with Gasteiger partial charge in [0.15, 0.2) is 5.82 Å². The number of benzene rings is 1. The summed E-state index contributed by atoms with van der Waals surface area (Å²) in [5, 5.41) is 6.53. The molecule has 0 saturated carbocycles. The first-order valence-electron chi connectivity index (χ1n) is 11.1. The van der Waals surface area contributed by atoms with Gasteiger partial charge in [-0.1, -0.05) is 0 Å². The zero-order chi connectivity index (χ0) is 24.5. The van der Waals surface area contributed by atoms with Gasteiger partial charge < -0.3 is 14.6 Å². The van der Waals surface area contributed by atoms with Crippen LogP contribution in [0.15, 0.2) is 35.5 Å². The molecule has 0 radical (unpaired) electrons. The monoisotopic (exact) mass is 495 g/mol. The van der Waals surface area contributed by atoms with E-state index in [0.29, 0.717) is 37.4 Å². The largest absolute Gasteiger partial charge is 0.381 e. The Balaban J connectivity index is 1.68. The van der Waals surface area contributed by atoms with Gasteiger partial charge in [-0.25, -0.2) is 4.98 Å². The summed E-state index contributed by atoms with van der Waals surface area (Å²) in [4.78, 5) is 15.8. The van der Waals surface area contributed by atoms with Crippen LogP contribution in [0.25, 0.3) is 11.0 Å². The number of likely N-dealkylation sites (N-methyl/N-ethyl adjacent to an activating group) is 1. The third-order valence-electron chi connectivity index (χ3n) is 5.79. The van der Waals surface area contributed by atoms with Crippen molar-refractivity contribution < 1.29 is 26.7 Å². The first kappa shape index (κ1) is 24.3. The fourth-order valence-electron chi connectivity index (χ4n) is 4.09. The third kappa shape index (κ3) is 4.97. The van der Waals surface area contributed by atoms with E-state index < -0.39 is 21.8 Å². The maximum absolute atomic E-state index is 14.4. The molecule has 12 heteroatoms. The SMILES string of the molecule is CCNC(=O)Cc1cnn(S(=O)(=O)c2ccc3c(c2)nc(C(C)(F)F)n3CC2CCOCC2)c1. The highest BCUT2D eigenvalue weighted by Crippen LogP contribution is 2.32. The van der Waals surface area contributed by atoms with Crippen LogP contribution in [0.3, 0.4) is 0 Å². The van der Waals surface area contributed by atoms with E-state index in [0.717, 1.165) is 23.9 Å². The quantitative estimate of drug-likeness (QED) is 0.515. The Kier molecular flexibility index (Phi) is 6.72. The average molecular weight is 496 g/mol. The highest BCUT2D eigenvalue weighted by molar-refractivity contribution is 7.89. The molecule has 0 atom stereocenters. The number of imidazole rings is 1. The molecule has 34 heavy (non-hydrogen) atoms. The normalized spacial score (nSPS) is 15.6.